The lowest BCUT2D eigenvalue weighted by Gasteiger charge is -2.30. The zero-order chi connectivity index (χ0) is 15.4. The normalized spacial score (nSPS) is 18.8. The number of rotatable bonds is 2. The Morgan fingerprint density at radius 1 is 1.09 bits per heavy atom. The van der Waals surface area contributed by atoms with Crippen LogP contribution in [0.5, 0.6) is 0 Å². The topological polar surface area (TPSA) is 32.3 Å². The smallest absolute Gasteiger partial charge is 0.254 e. The predicted molar refractivity (Wildman–Crippen MR) is 84.1 cm³/mol. The third kappa shape index (κ3) is 3.17. The Labute approximate surface area is 129 Å². The molecule has 1 N–H and O–H groups in total. The number of amides is 1. The van der Waals surface area contributed by atoms with Crippen molar-refractivity contribution in [2.75, 3.05) is 19.6 Å². The van der Waals surface area contributed by atoms with Crippen LogP contribution in [0.4, 0.5) is 4.39 Å². The van der Waals surface area contributed by atoms with Gasteiger partial charge in [0.15, 0.2) is 0 Å². The fourth-order valence-electron chi connectivity index (χ4n) is 2.85. The molecule has 1 saturated heterocycles. The lowest BCUT2D eigenvalue weighted by atomic mass is 10.0. The van der Waals surface area contributed by atoms with Crippen molar-refractivity contribution in [2.45, 2.75) is 12.5 Å². The largest absolute Gasteiger partial charge is 0.330 e. The molecule has 114 valence electrons. The van der Waals surface area contributed by atoms with E-state index in [0.717, 1.165) is 25.1 Å². The minimum atomic E-state index is -0.325. The van der Waals surface area contributed by atoms with Gasteiger partial charge in [-0.2, -0.15) is 0 Å². The van der Waals surface area contributed by atoms with Crippen molar-refractivity contribution >= 4 is 5.91 Å². The molecule has 2 aromatic rings. The van der Waals surface area contributed by atoms with Crippen LogP contribution in [0.1, 0.15) is 28.4 Å². The van der Waals surface area contributed by atoms with E-state index in [-0.39, 0.29) is 17.8 Å². The number of carbonyl (C=O) groups is 1. The number of nitrogens with zero attached hydrogens (tertiary/aromatic N) is 1. The van der Waals surface area contributed by atoms with Gasteiger partial charge in [0, 0.05) is 18.7 Å². The maximum absolute atomic E-state index is 13.1. The summed E-state index contributed by atoms with van der Waals surface area (Å²) in [6, 6.07) is 15.8. The number of hydrogen-bond donors (Lipinski definition) is 1. The summed E-state index contributed by atoms with van der Waals surface area (Å²) >= 11 is 0. The van der Waals surface area contributed by atoms with Crippen molar-refractivity contribution in [3.05, 3.63) is 71.5 Å². The summed E-state index contributed by atoms with van der Waals surface area (Å²) in [6.45, 7) is 2.33. The molecule has 1 fully saturated rings. The minimum absolute atomic E-state index is 0.00116. The van der Waals surface area contributed by atoms with E-state index in [9.17, 15) is 9.18 Å². The van der Waals surface area contributed by atoms with Gasteiger partial charge < -0.3 is 10.2 Å². The molecule has 4 heteroatoms. The highest BCUT2D eigenvalue weighted by Crippen LogP contribution is 2.24. The first-order valence-corrected chi connectivity index (χ1v) is 7.58. The third-order valence-electron chi connectivity index (χ3n) is 4.00. The van der Waals surface area contributed by atoms with Crippen LogP contribution in [-0.4, -0.2) is 30.4 Å². The summed E-state index contributed by atoms with van der Waals surface area (Å²) in [4.78, 5) is 14.7. The second-order valence-electron chi connectivity index (χ2n) is 5.49. The number of hydrogen-bond acceptors (Lipinski definition) is 2. The van der Waals surface area contributed by atoms with E-state index in [0.29, 0.717) is 12.1 Å². The highest BCUT2D eigenvalue weighted by Gasteiger charge is 2.27. The molecule has 22 heavy (non-hydrogen) atoms. The van der Waals surface area contributed by atoms with E-state index in [1.807, 2.05) is 35.2 Å². The molecule has 0 saturated carbocycles. The Balaban J connectivity index is 1.90. The van der Waals surface area contributed by atoms with Gasteiger partial charge in [-0.15, -0.1) is 0 Å². The molecule has 1 unspecified atom stereocenters. The van der Waals surface area contributed by atoms with Gasteiger partial charge in [0.2, 0.25) is 0 Å². The van der Waals surface area contributed by atoms with Crippen molar-refractivity contribution in [1.82, 2.24) is 10.2 Å². The number of nitrogens with one attached hydrogen (secondary N) is 1. The molecular formula is C18H19FN2O. The van der Waals surface area contributed by atoms with Gasteiger partial charge >= 0.3 is 0 Å². The molecule has 1 aliphatic rings. The molecule has 3 nitrogen and oxygen atoms in total. The van der Waals surface area contributed by atoms with Gasteiger partial charge in [-0.25, -0.2) is 4.39 Å². The Hall–Kier alpha value is -2.20. The molecule has 2 aromatic carbocycles. The molecule has 1 amide bonds. The van der Waals surface area contributed by atoms with Crippen LogP contribution in [0.3, 0.4) is 0 Å². The van der Waals surface area contributed by atoms with Gasteiger partial charge in [0.25, 0.3) is 5.91 Å². The van der Waals surface area contributed by atoms with E-state index < -0.39 is 0 Å². The van der Waals surface area contributed by atoms with E-state index in [1.54, 1.807) is 12.1 Å². The van der Waals surface area contributed by atoms with E-state index in [1.165, 1.54) is 12.1 Å². The van der Waals surface area contributed by atoms with Gasteiger partial charge in [-0.1, -0.05) is 30.3 Å². The average molecular weight is 298 g/mol. The summed E-state index contributed by atoms with van der Waals surface area (Å²) in [5.41, 5.74) is 1.65. The van der Waals surface area contributed by atoms with Gasteiger partial charge in [0.1, 0.15) is 5.82 Å². The molecule has 0 radical (unpaired) electrons. The molecule has 3 rings (SSSR count). The monoisotopic (exact) mass is 298 g/mol. The van der Waals surface area contributed by atoms with E-state index in [4.69, 9.17) is 0 Å². The molecule has 0 spiro atoms. The maximum atomic E-state index is 13.1. The molecule has 0 aromatic heterocycles. The minimum Gasteiger partial charge on any atom is -0.330 e. The number of benzene rings is 2. The van der Waals surface area contributed by atoms with Crippen LogP contribution in [-0.2, 0) is 0 Å². The quantitative estimate of drug-likeness (QED) is 0.924. The molecule has 1 atom stereocenters. The van der Waals surface area contributed by atoms with Crippen LogP contribution in [0.15, 0.2) is 54.6 Å². The molecular weight excluding hydrogens is 279 g/mol. The Morgan fingerprint density at radius 2 is 1.82 bits per heavy atom. The first-order chi connectivity index (χ1) is 10.8. The second-order valence-corrected chi connectivity index (χ2v) is 5.49. The average Bonchev–Trinajstić information content (AvgIpc) is 2.81. The van der Waals surface area contributed by atoms with Gasteiger partial charge in [-0.3, -0.25) is 4.79 Å². The maximum Gasteiger partial charge on any atom is 0.254 e. The highest BCUT2D eigenvalue weighted by atomic mass is 19.1. The summed E-state index contributed by atoms with van der Waals surface area (Å²) in [7, 11) is 0. The van der Waals surface area contributed by atoms with Crippen molar-refractivity contribution in [2.24, 2.45) is 0 Å². The lowest BCUT2D eigenvalue weighted by molar-refractivity contribution is 0.0691. The predicted octanol–water partition coefficient (Wildman–Crippen LogP) is 3.00. The highest BCUT2D eigenvalue weighted by molar-refractivity contribution is 5.94. The Bertz CT molecular complexity index is 627. The van der Waals surface area contributed by atoms with E-state index in [2.05, 4.69) is 5.32 Å². The molecule has 0 aliphatic carbocycles. The first-order valence-electron chi connectivity index (χ1n) is 7.58. The Kier molecular flexibility index (Phi) is 4.49. The van der Waals surface area contributed by atoms with Crippen molar-refractivity contribution in [3.8, 4) is 0 Å². The fourth-order valence-corrected chi connectivity index (χ4v) is 2.85. The zero-order valence-electron chi connectivity index (χ0n) is 12.3. The van der Waals surface area contributed by atoms with Crippen LogP contribution >= 0.6 is 0 Å². The first kappa shape index (κ1) is 14.7. The molecule has 1 heterocycles. The third-order valence-corrected chi connectivity index (χ3v) is 4.00. The summed E-state index contributed by atoms with van der Waals surface area (Å²) < 4.78 is 13.1. The van der Waals surface area contributed by atoms with Crippen molar-refractivity contribution in [3.63, 3.8) is 0 Å². The standard InChI is InChI=1S/C18H19FN2O/c19-16-9-7-15(8-10-16)18(22)21-12-4-11-20-13-17(21)14-5-2-1-3-6-14/h1-3,5-10,17,20H,4,11-13H2. The summed E-state index contributed by atoms with van der Waals surface area (Å²) in [5, 5.41) is 3.39. The van der Waals surface area contributed by atoms with Crippen LogP contribution in [0, 0.1) is 5.82 Å². The molecule has 1 aliphatic heterocycles. The summed E-state index contributed by atoms with van der Waals surface area (Å²) in [6.07, 6.45) is 0.913. The zero-order valence-corrected chi connectivity index (χ0v) is 12.3. The Morgan fingerprint density at radius 3 is 2.55 bits per heavy atom. The lowest BCUT2D eigenvalue weighted by Crippen LogP contribution is -2.37. The van der Waals surface area contributed by atoms with Gasteiger partial charge in [-0.05, 0) is 42.8 Å². The van der Waals surface area contributed by atoms with Crippen molar-refractivity contribution in [1.29, 1.82) is 0 Å². The van der Waals surface area contributed by atoms with E-state index >= 15 is 0 Å². The fraction of sp³-hybridized carbons (Fsp3) is 0.278. The summed E-state index contributed by atoms with van der Waals surface area (Å²) in [5.74, 6) is -0.369. The SMILES string of the molecule is O=C(c1ccc(F)cc1)N1CCCNCC1c1ccccc1. The molecule has 0 bridgehead atoms. The van der Waals surface area contributed by atoms with Crippen LogP contribution in [0.25, 0.3) is 0 Å². The number of carbonyl (C=O) groups excluding carboxylic acids is 1. The van der Waals surface area contributed by atoms with Crippen molar-refractivity contribution < 1.29 is 9.18 Å². The number of halogens is 1. The van der Waals surface area contributed by atoms with Crippen LogP contribution in [0.2, 0.25) is 0 Å². The van der Waals surface area contributed by atoms with Crippen LogP contribution < -0.4 is 5.32 Å². The second kappa shape index (κ2) is 6.71. The van der Waals surface area contributed by atoms with Gasteiger partial charge in [0.05, 0.1) is 6.04 Å².